The third kappa shape index (κ3) is 11.3. The Bertz CT molecular complexity index is 845. The Morgan fingerprint density at radius 2 is 1.62 bits per heavy atom. The summed E-state index contributed by atoms with van der Waals surface area (Å²) < 4.78 is 4.60. The molecule has 0 spiro atoms. The van der Waals surface area contributed by atoms with E-state index in [2.05, 4.69) is 15.4 Å². The van der Waals surface area contributed by atoms with E-state index in [1.165, 1.54) is 14.0 Å². The van der Waals surface area contributed by atoms with Crippen LogP contribution >= 0.6 is 11.8 Å². The fourth-order valence-corrected chi connectivity index (χ4v) is 4.13. The molecule has 0 aliphatic heterocycles. The molecule has 188 valence electrons. The summed E-state index contributed by atoms with van der Waals surface area (Å²) in [5, 5.41) is 13.8. The van der Waals surface area contributed by atoms with Gasteiger partial charge in [0.1, 0.15) is 12.1 Å². The number of hydrogen-bond acceptors (Lipinski definition) is 7. The standard InChI is InChI=1S/C24H34N2O7S/c1-15(2)13-18(22(29)26-19(24(31)32)14-17-9-6-5-7-10-17)25-23(30)20(34-16(3)27)11-8-12-21(28)33-4/h5-7,9-10,15,18-20H,8,11-14H2,1-4H3,(H,25,30)(H,26,29)(H,31,32)/t18-,19+,20?/m1/s1. The van der Waals surface area contributed by atoms with E-state index in [9.17, 15) is 29.1 Å². The van der Waals surface area contributed by atoms with Crippen molar-refractivity contribution in [3.05, 3.63) is 35.9 Å². The molecule has 0 fully saturated rings. The molecule has 1 rings (SSSR count). The number of thioether (sulfide) groups is 1. The van der Waals surface area contributed by atoms with E-state index in [-0.39, 0.29) is 36.7 Å². The van der Waals surface area contributed by atoms with Crippen molar-refractivity contribution in [2.45, 2.75) is 70.2 Å². The van der Waals surface area contributed by atoms with Gasteiger partial charge in [-0.1, -0.05) is 55.9 Å². The molecule has 0 radical (unpaired) electrons. The van der Waals surface area contributed by atoms with Gasteiger partial charge in [0.15, 0.2) is 5.12 Å². The van der Waals surface area contributed by atoms with Crippen molar-refractivity contribution in [2.75, 3.05) is 7.11 Å². The lowest BCUT2D eigenvalue weighted by Gasteiger charge is -2.24. The lowest BCUT2D eigenvalue weighted by Crippen LogP contribution is -2.54. The topological polar surface area (TPSA) is 139 Å². The quantitative estimate of drug-likeness (QED) is 0.335. The number of hydrogen-bond donors (Lipinski definition) is 3. The van der Waals surface area contributed by atoms with Crippen LogP contribution in [0.5, 0.6) is 0 Å². The van der Waals surface area contributed by atoms with E-state index < -0.39 is 41.1 Å². The highest BCUT2D eigenvalue weighted by molar-refractivity contribution is 8.14. The molecule has 0 aliphatic rings. The maximum Gasteiger partial charge on any atom is 0.326 e. The fourth-order valence-electron chi connectivity index (χ4n) is 3.27. The van der Waals surface area contributed by atoms with Crippen LogP contribution in [-0.2, 0) is 35.1 Å². The lowest BCUT2D eigenvalue weighted by molar-refractivity contribution is -0.142. The number of aliphatic carboxylic acids is 1. The molecule has 0 saturated carbocycles. The van der Waals surface area contributed by atoms with Crippen molar-refractivity contribution in [1.82, 2.24) is 10.6 Å². The molecule has 0 aromatic heterocycles. The van der Waals surface area contributed by atoms with Crippen LogP contribution in [0.3, 0.4) is 0 Å². The van der Waals surface area contributed by atoms with E-state index in [1.54, 1.807) is 24.3 Å². The molecule has 0 heterocycles. The summed E-state index contributed by atoms with van der Waals surface area (Å²) in [7, 11) is 1.27. The van der Waals surface area contributed by atoms with Crippen LogP contribution in [0.25, 0.3) is 0 Å². The average molecular weight is 495 g/mol. The molecular formula is C24H34N2O7S. The van der Waals surface area contributed by atoms with Crippen molar-refractivity contribution < 1.29 is 33.8 Å². The van der Waals surface area contributed by atoms with E-state index in [1.807, 2.05) is 19.9 Å². The molecule has 9 nitrogen and oxygen atoms in total. The normalized spacial score (nSPS) is 13.4. The number of carboxylic acids is 1. The van der Waals surface area contributed by atoms with Crippen LogP contribution < -0.4 is 10.6 Å². The van der Waals surface area contributed by atoms with Gasteiger partial charge in [-0.15, -0.1) is 0 Å². The Hall–Kier alpha value is -2.88. The van der Waals surface area contributed by atoms with Crippen LogP contribution in [0.2, 0.25) is 0 Å². The van der Waals surface area contributed by atoms with E-state index >= 15 is 0 Å². The summed E-state index contributed by atoms with van der Waals surface area (Å²) in [5.41, 5.74) is 0.753. The first kappa shape index (κ1) is 29.2. The molecule has 0 aliphatic carbocycles. The van der Waals surface area contributed by atoms with Crippen LogP contribution in [0, 0.1) is 5.92 Å². The van der Waals surface area contributed by atoms with Gasteiger partial charge in [-0.2, -0.15) is 0 Å². The summed E-state index contributed by atoms with van der Waals surface area (Å²) in [6.45, 7) is 5.09. The van der Waals surface area contributed by atoms with Crippen molar-refractivity contribution in [1.29, 1.82) is 0 Å². The molecule has 2 amide bonds. The number of carbonyl (C=O) groups excluding carboxylic acids is 4. The third-order valence-electron chi connectivity index (χ3n) is 4.91. The van der Waals surface area contributed by atoms with Crippen LogP contribution in [-0.4, -0.2) is 58.4 Å². The van der Waals surface area contributed by atoms with Gasteiger partial charge < -0.3 is 20.5 Å². The van der Waals surface area contributed by atoms with E-state index in [0.29, 0.717) is 6.42 Å². The molecule has 3 N–H and O–H groups in total. The molecular weight excluding hydrogens is 460 g/mol. The minimum absolute atomic E-state index is 0.0340. The summed E-state index contributed by atoms with van der Waals surface area (Å²) in [6, 6.07) is 6.79. The second kappa shape index (κ2) is 15.1. The maximum atomic E-state index is 13.0. The second-order valence-electron chi connectivity index (χ2n) is 8.35. The Labute approximate surface area is 204 Å². The number of nitrogens with one attached hydrogen (secondary N) is 2. The summed E-state index contributed by atoms with van der Waals surface area (Å²) in [5.74, 6) is -2.68. The number of ether oxygens (including phenoxy) is 1. The average Bonchev–Trinajstić information content (AvgIpc) is 2.77. The number of esters is 1. The first-order valence-electron chi connectivity index (χ1n) is 11.1. The number of methoxy groups -OCH3 is 1. The molecule has 1 aromatic carbocycles. The maximum absolute atomic E-state index is 13.0. The second-order valence-corrected chi connectivity index (χ2v) is 9.73. The van der Waals surface area contributed by atoms with Gasteiger partial charge in [-0.3, -0.25) is 19.2 Å². The van der Waals surface area contributed by atoms with E-state index in [0.717, 1.165) is 17.3 Å². The molecule has 1 aromatic rings. The Morgan fingerprint density at radius 1 is 1.00 bits per heavy atom. The number of rotatable bonds is 14. The van der Waals surface area contributed by atoms with Crippen molar-refractivity contribution in [3.8, 4) is 0 Å². The zero-order valence-electron chi connectivity index (χ0n) is 20.0. The van der Waals surface area contributed by atoms with Gasteiger partial charge >= 0.3 is 11.9 Å². The first-order chi connectivity index (χ1) is 16.0. The van der Waals surface area contributed by atoms with Gasteiger partial charge in [0.2, 0.25) is 11.8 Å². The van der Waals surface area contributed by atoms with Gasteiger partial charge in [0.05, 0.1) is 12.4 Å². The molecule has 10 heteroatoms. The first-order valence-corrected chi connectivity index (χ1v) is 12.0. The van der Waals surface area contributed by atoms with E-state index in [4.69, 9.17) is 0 Å². The van der Waals surface area contributed by atoms with Gasteiger partial charge in [0, 0.05) is 19.8 Å². The van der Waals surface area contributed by atoms with Crippen LogP contribution in [0.1, 0.15) is 52.0 Å². The molecule has 3 atom stereocenters. The van der Waals surface area contributed by atoms with Crippen LogP contribution in [0.15, 0.2) is 30.3 Å². The number of benzene rings is 1. The smallest absolute Gasteiger partial charge is 0.326 e. The third-order valence-corrected chi connectivity index (χ3v) is 5.98. The highest BCUT2D eigenvalue weighted by atomic mass is 32.2. The van der Waals surface area contributed by atoms with Gasteiger partial charge in [0.25, 0.3) is 0 Å². The highest BCUT2D eigenvalue weighted by Crippen LogP contribution is 2.20. The highest BCUT2D eigenvalue weighted by Gasteiger charge is 2.30. The monoisotopic (exact) mass is 494 g/mol. The molecule has 0 saturated heterocycles. The lowest BCUT2D eigenvalue weighted by atomic mass is 10.0. The zero-order chi connectivity index (χ0) is 25.7. The predicted molar refractivity (Wildman–Crippen MR) is 129 cm³/mol. The van der Waals surface area contributed by atoms with Crippen LogP contribution in [0.4, 0.5) is 0 Å². The van der Waals surface area contributed by atoms with Gasteiger partial charge in [-0.05, 0) is 30.7 Å². The largest absolute Gasteiger partial charge is 0.480 e. The predicted octanol–water partition coefficient (Wildman–Crippen LogP) is 2.32. The molecule has 1 unspecified atom stereocenters. The van der Waals surface area contributed by atoms with Crippen molar-refractivity contribution in [3.63, 3.8) is 0 Å². The molecule has 34 heavy (non-hydrogen) atoms. The fraction of sp³-hybridized carbons (Fsp3) is 0.542. The molecule has 0 bridgehead atoms. The number of carbonyl (C=O) groups is 5. The van der Waals surface area contributed by atoms with Crippen molar-refractivity contribution in [2.24, 2.45) is 5.92 Å². The minimum atomic E-state index is -1.18. The summed E-state index contributed by atoms with van der Waals surface area (Å²) in [4.78, 5) is 60.7. The Balaban J connectivity index is 2.91. The summed E-state index contributed by atoms with van der Waals surface area (Å²) in [6.07, 6.45) is 1.07. The number of amides is 2. The SMILES string of the molecule is COC(=O)CCCC(SC(C)=O)C(=O)N[C@H](CC(C)C)C(=O)N[C@@H](Cc1ccccc1)C(=O)O. The Morgan fingerprint density at radius 3 is 2.15 bits per heavy atom. The van der Waals surface area contributed by atoms with Gasteiger partial charge in [-0.25, -0.2) is 4.79 Å². The Kier molecular flexibility index (Phi) is 13.0. The summed E-state index contributed by atoms with van der Waals surface area (Å²) >= 11 is 0.831. The number of carboxylic acid groups (broad SMARTS) is 1. The van der Waals surface area contributed by atoms with Crippen molar-refractivity contribution >= 4 is 40.6 Å². The minimum Gasteiger partial charge on any atom is -0.480 e. The zero-order valence-corrected chi connectivity index (χ0v) is 20.9.